The van der Waals surface area contributed by atoms with Crippen LogP contribution >= 0.6 is 0 Å². The van der Waals surface area contributed by atoms with Gasteiger partial charge in [0.1, 0.15) is 0 Å². The third-order valence-corrected chi connectivity index (χ3v) is 4.66. The van der Waals surface area contributed by atoms with Crippen molar-refractivity contribution in [2.75, 3.05) is 5.73 Å². The van der Waals surface area contributed by atoms with Gasteiger partial charge in [0.2, 0.25) is 5.95 Å². The lowest BCUT2D eigenvalue weighted by molar-refractivity contribution is 0.806. The number of nitrogens with one attached hydrogen (secondary N) is 1. The van der Waals surface area contributed by atoms with Crippen molar-refractivity contribution in [2.24, 2.45) is 7.05 Å². The van der Waals surface area contributed by atoms with Crippen LogP contribution in [0.4, 0.5) is 5.95 Å². The molecule has 0 bridgehead atoms. The molecule has 0 saturated carbocycles. The SMILES string of the molecule is Cn1c(N)nc(CCc2cccc(-c3cc4ccccc4[nH]3)c2)cc1=O. The average molecular weight is 344 g/mol. The molecule has 2 aromatic heterocycles. The molecule has 0 radical (unpaired) electrons. The van der Waals surface area contributed by atoms with Crippen molar-refractivity contribution < 1.29 is 0 Å². The minimum atomic E-state index is -0.126. The number of nitrogens with two attached hydrogens (primary N) is 1. The van der Waals surface area contributed by atoms with E-state index in [0.29, 0.717) is 6.42 Å². The summed E-state index contributed by atoms with van der Waals surface area (Å²) in [5.74, 6) is 0.249. The van der Waals surface area contributed by atoms with Gasteiger partial charge in [0.25, 0.3) is 5.56 Å². The Hall–Kier alpha value is -3.34. The van der Waals surface area contributed by atoms with E-state index < -0.39 is 0 Å². The predicted molar refractivity (Wildman–Crippen MR) is 105 cm³/mol. The van der Waals surface area contributed by atoms with Crippen molar-refractivity contribution in [3.05, 3.63) is 82.3 Å². The van der Waals surface area contributed by atoms with Crippen LogP contribution in [0.15, 0.2) is 65.5 Å². The molecule has 0 fully saturated rings. The Balaban J connectivity index is 1.57. The van der Waals surface area contributed by atoms with Crippen LogP contribution in [0, 0.1) is 0 Å². The van der Waals surface area contributed by atoms with Crippen LogP contribution in [0.5, 0.6) is 0 Å². The molecule has 0 spiro atoms. The zero-order chi connectivity index (χ0) is 18.1. The molecular weight excluding hydrogens is 324 g/mol. The summed E-state index contributed by atoms with van der Waals surface area (Å²) in [4.78, 5) is 19.6. The fourth-order valence-electron chi connectivity index (χ4n) is 3.13. The topological polar surface area (TPSA) is 76.7 Å². The maximum atomic E-state index is 11.8. The molecule has 2 aromatic carbocycles. The van der Waals surface area contributed by atoms with Crippen molar-refractivity contribution in [1.82, 2.24) is 14.5 Å². The van der Waals surface area contributed by atoms with Crippen LogP contribution < -0.4 is 11.3 Å². The first-order valence-corrected chi connectivity index (χ1v) is 8.59. The minimum absolute atomic E-state index is 0.126. The number of aromatic nitrogens is 3. The van der Waals surface area contributed by atoms with Gasteiger partial charge in [-0.1, -0.05) is 36.4 Å². The molecule has 0 aliphatic carbocycles. The van der Waals surface area contributed by atoms with Crippen molar-refractivity contribution in [2.45, 2.75) is 12.8 Å². The van der Waals surface area contributed by atoms with E-state index in [1.54, 1.807) is 13.1 Å². The molecule has 0 unspecified atom stereocenters. The Morgan fingerprint density at radius 3 is 2.69 bits per heavy atom. The van der Waals surface area contributed by atoms with Gasteiger partial charge in [-0.25, -0.2) is 4.98 Å². The summed E-state index contributed by atoms with van der Waals surface area (Å²) in [5, 5.41) is 1.20. The summed E-state index contributed by atoms with van der Waals surface area (Å²) in [6, 6.07) is 20.4. The van der Waals surface area contributed by atoms with Crippen molar-refractivity contribution in [3.8, 4) is 11.3 Å². The highest BCUT2D eigenvalue weighted by molar-refractivity contribution is 5.85. The number of anilines is 1. The number of hydrogen-bond acceptors (Lipinski definition) is 3. The van der Waals surface area contributed by atoms with Gasteiger partial charge < -0.3 is 10.7 Å². The number of rotatable bonds is 4. The van der Waals surface area contributed by atoms with Crippen LogP contribution in [0.25, 0.3) is 22.2 Å². The largest absolute Gasteiger partial charge is 0.369 e. The number of H-pyrrole nitrogens is 1. The van der Waals surface area contributed by atoms with Gasteiger partial charge in [-0.3, -0.25) is 9.36 Å². The van der Waals surface area contributed by atoms with E-state index in [0.717, 1.165) is 28.9 Å². The lowest BCUT2D eigenvalue weighted by Gasteiger charge is -2.07. The molecule has 5 nitrogen and oxygen atoms in total. The number of nitrogens with zero attached hydrogens (tertiary/aromatic N) is 2. The van der Waals surface area contributed by atoms with E-state index in [2.05, 4.69) is 52.4 Å². The van der Waals surface area contributed by atoms with E-state index in [9.17, 15) is 4.79 Å². The molecule has 5 heteroatoms. The lowest BCUT2D eigenvalue weighted by Crippen LogP contribution is -2.21. The summed E-state index contributed by atoms with van der Waals surface area (Å²) in [6.07, 6.45) is 1.48. The molecule has 26 heavy (non-hydrogen) atoms. The Morgan fingerprint density at radius 1 is 1.04 bits per heavy atom. The van der Waals surface area contributed by atoms with Gasteiger partial charge in [0.15, 0.2) is 0 Å². The van der Waals surface area contributed by atoms with Gasteiger partial charge in [-0.2, -0.15) is 0 Å². The van der Waals surface area contributed by atoms with Crippen LogP contribution in [-0.4, -0.2) is 14.5 Å². The summed E-state index contributed by atoms with van der Waals surface area (Å²) >= 11 is 0. The molecule has 0 saturated heterocycles. The smallest absolute Gasteiger partial charge is 0.254 e. The molecule has 0 atom stereocenters. The molecule has 0 aliphatic heterocycles. The van der Waals surface area contributed by atoms with E-state index in [1.165, 1.54) is 15.5 Å². The molecule has 130 valence electrons. The molecule has 4 aromatic rings. The van der Waals surface area contributed by atoms with Crippen LogP contribution in [0.3, 0.4) is 0 Å². The van der Waals surface area contributed by atoms with E-state index in [1.807, 2.05) is 12.1 Å². The number of fused-ring (bicyclic) bond motifs is 1. The number of hydrogen-bond donors (Lipinski definition) is 2. The summed E-state index contributed by atoms with van der Waals surface area (Å²) < 4.78 is 1.35. The normalized spacial score (nSPS) is 11.1. The van der Waals surface area contributed by atoms with Crippen molar-refractivity contribution >= 4 is 16.9 Å². The van der Waals surface area contributed by atoms with Gasteiger partial charge in [0.05, 0.1) is 5.69 Å². The summed E-state index contributed by atoms with van der Waals surface area (Å²) in [7, 11) is 1.62. The second-order valence-corrected chi connectivity index (χ2v) is 6.47. The number of aryl methyl sites for hydroxylation is 2. The molecule has 0 aliphatic rings. The van der Waals surface area contributed by atoms with E-state index in [4.69, 9.17) is 5.73 Å². The second kappa shape index (κ2) is 6.52. The number of aromatic amines is 1. The predicted octanol–water partition coefficient (Wildman–Crippen LogP) is 3.30. The molecule has 0 amide bonds. The van der Waals surface area contributed by atoms with Crippen LogP contribution in [0.1, 0.15) is 11.3 Å². The average Bonchev–Trinajstić information content (AvgIpc) is 3.09. The number of nitrogen functional groups attached to an aromatic ring is 1. The summed E-state index contributed by atoms with van der Waals surface area (Å²) in [6.45, 7) is 0. The fourth-order valence-corrected chi connectivity index (χ4v) is 3.13. The Labute approximate surface area is 151 Å². The first-order chi connectivity index (χ1) is 12.6. The van der Waals surface area contributed by atoms with E-state index in [-0.39, 0.29) is 11.5 Å². The zero-order valence-corrected chi connectivity index (χ0v) is 14.6. The van der Waals surface area contributed by atoms with Gasteiger partial charge in [-0.05, 0) is 42.2 Å². The highest BCUT2D eigenvalue weighted by Crippen LogP contribution is 2.25. The molecule has 4 rings (SSSR count). The highest BCUT2D eigenvalue weighted by atomic mass is 16.1. The van der Waals surface area contributed by atoms with Crippen molar-refractivity contribution in [3.63, 3.8) is 0 Å². The van der Waals surface area contributed by atoms with Crippen LogP contribution in [0.2, 0.25) is 0 Å². The molecule has 2 heterocycles. The van der Waals surface area contributed by atoms with Gasteiger partial charge >= 0.3 is 0 Å². The third kappa shape index (κ3) is 3.11. The monoisotopic (exact) mass is 344 g/mol. The standard InChI is InChI=1S/C21H20N4O/c1-25-20(26)13-17(23-21(25)22)10-9-14-5-4-7-15(11-14)19-12-16-6-2-3-8-18(16)24-19/h2-8,11-13,24H,9-10H2,1H3,(H2,22,23). The Bertz CT molecular complexity index is 1110. The minimum Gasteiger partial charge on any atom is -0.369 e. The third-order valence-electron chi connectivity index (χ3n) is 4.66. The maximum Gasteiger partial charge on any atom is 0.254 e. The molecule has 3 N–H and O–H groups in total. The van der Waals surface area contributed by atoms with Gasteiger partial charge in [0, 0.05) is 29.7 Å². The lowest BCUT2D eigenvalue weighted by atomic mass is 10.0. The van der Waals surface area contributed by atoms with Crippen molar-refractivity contribution in [1.29, 1.82) is 0 Å². The summed E-state index contributed by atoms with van der Waals surface area (Å²) in [5.41, 5.74) is 11.0. The Morgan fingerprint density at radius 2 is 1.88 bits per heavy atom. The highest BCUT2D eigenvalue weighted by Gasteiger charge is 2.06. The number of para-hydroxylation sites is 1. The van der Waals surface area contributed by atoms with E-state index >= 15 is 0 Å². The second-order valence-electron chi connectivity index (χ2n) is 6.47. The van der Waals surface area contributed by atoms with Crippen LogP contribution in [-0.2, 0) is 19.9 Å². The first-order valence-electron chi connectivity index (χ1n) is 8.59. The zero-order valence-electron chi connectivity index (χ0n) is 14.6. The fraction of sp³-hybridized carbons (Fsp3) is 0.143. The van der Waals surface area contributed by atoms with Gasteiger partial charge in [-0.15, -0.1) is 0 Å². The maximum absolute atomic E-state index is 11.8. The number of benzene rings is 2. The molecular formula is C21H20N4O. The Kier molecular flexibility index (Phi) is 4.05. The quantitative estimate of drug-likeness (QED) is 0.596. The first kappa shape index (κ1) is 16.1.